The van der Waals surface area contributed by atoms with E-state index in [-0.39, 0.29) is 5.25 Å². The number of aliphatic carboxylic acids is 1. The molecule has 0 aromatic carbocycles. The van der Waals surface area contributed by atoms with E-state index < -0.39 is 12.1 Å². The normalized spacial score (nSPS) is 26.7. The molecule has 2 unspecified atom stereocenters. The fourth-order valence-corrected chi connectivity index (χ4v) is 2.70. The Hall–Kier alpha value is -0.130. The van der Waals surface area contributed by atoms with Crippen LogP contribution in [0.15, 0.2) is 11.5 Å². The van der Waals surface area contributed by atoms with Crippen LogP contribution in [0.1, 0.15) is 0 Å². The Bertz CT molecular complexity index is 168. The molecule has 1 aliphatic heterocycles. The molecule has 0 spiro atoms. The Balaban J connectivity index is 2.48. The first kappa shape index (κ1) is 7.97. The second-order valence-corrected chi connectivity index (χ2v) is 4.12. The molecule has 0 saturated carbocycles. The summed E-state index contributed by atoms with van der Waals surface area (Å²) >= 11 is 0. The first-order valence-corrected chi connectivity index (χ1v) is 4.89. The van der Waals surface area contributed by atoms with Gasteiger partial charge >= 0.3 is 5.97 Å². The van der Waals surface area contributed by atoms with Crippen molar-refractivity contribution in [2.75, 3.05) is 0 Å². The average molecular weight is 178 g/mol. The van der Waals surface area contributed by atoms with E-state index in [4.69, 9.17) is 10.2 Å². The summed E-state index contributed by atoms with van der Waals surface area (Å²) in [5.41, 5.74) is 0. The van der Waals surface area contributed by atoms with Gasteiger partial charge in [0.1, 0.15) is 0 Å². The van der Waals surface area contributed by atoms with Crippen LogP contribution in [-0.2, 0) is 4.79 Å². The predicted octanol–water partition coefficient (Wildman–Crippen LogP) is 0.709. The lowest BCUT2D eigenvalue weighted by Gasteiger charge is -2.08. The number of hydrogen-bond donors (Lipinski definition) is 2. The fourth-order valence-electron chi connectivity index (χ4n) is 0.536. The van der Waals surface area contributed by atoms with E-state index in [0.717, 1.165) is 0 Å². The molecule has 56 valence electrons. The Labute approximate surface area is 65.9 Å². The summed E-state index contributed by atoms with van der Waals surface area (Å²) in [4.78, 5) is 10.2. The van der Waals surface area contributed by atoms with Gasteiger partial charge in [0.25, 0.3) is 0 Å². The van der Waals surface area contributed by atoms with Crippen LogP contribution in [0.3, 0.4) is 0 Å². The molecule has 0 aromatic rings. The zero-order valence-corrected chi connectivity index (χ0v) is 6.56. The highest BCUT2D eigenvalue weighted by Gasteiger charge is 2.26. The van der Waals surface area contributed by atoms with E-state index in [1.807, 2.05) is 0 Å². The molecule has 1 heterocycles. The molecule has 0 fully saturated rings. The molecular formula is C5H6O3S2. The van der Waals surface area contributed by atoms with Crippen molar-refractivity contribution >= 4 is 27.6 Å². The van der Waals surface area contributed by atoms with Gasteiger partial charge in [0.05, 0.1) is 5.25 Å². The quantitative estimate of drug-likeness (QED) is 0.610. The first-order valence-electron chi connectivity index (χ1n) is 2.61. The van der Waals surface area contributed by atoms with Gasteiger partial charge in [0.15, 0.2) is 6.10 Å². The Morgan fingerprint density at radius 1 is 1.70 bits per heavy atom. The van der Waals surface area contributed by atoms with Gasteiger partial charge in [-0.3, -0.25) is 0 Å². The summed E-state index contributed by atoms with van der Waals surface area (Å²) in [6.45, 7) is 0. The summed E-state index contributed by atoms with van der Waals surface area (Å²) in [7, 11) is 2.79. The number of carboxylic acid groups (broad SMARTS) is 1. The number of hydrogen-bond acceptors (Lipinski definition) is 4. The van der Waals surface area contributed by atoms with Crippen LogP contribution >= 0.6 is 21.6 Å². The molecule has 1 rings (SSSR count). The summed E-state index contributed by atoms with van der Waals surface area (Å²) in [6, 6.07) is 0. The van der Waals surface area contributed by atoms with Crippen LogP contribution in [0, 0.1) is 0 Å². The van der Waals surface area contributed by atoms with Crippen molar-refractivity contribution in [1.82, 2.24) is 0 Å². The summed E-state index contributed by atoms with van der Waals surface area (Å²) < 4.78 is 0. The summed E-state index contributed by atoms with van der Waals surface area (Å²) in [5, 5.41) is 18.8. The maximum absolute atomic E-state index is 10.2. The third-order valence-electron chi connectivity index (χ3n) is 1.05. The highest BCUT2D eigenvalue weighted by molar-refractivity contribution is 8.78. The zero-order chi connectivity index (χ0) is 7.56. The lowest BCUT2D eigenvalue weighted by Crippen LogP contribution is -2.28. The molecule has 2 atom stereocenters. The molecule has 3 nitrogen and oxygen atoms in total. The summed E-state index contributed by atoms with van der Waals surface area (Å²) in [5.74, 6) is -1.16. The Morgan fingerprint density at radius 3 is 2.80 bits per heavy atom. The minimum atomic E-state index is -1.27. The van der Waals surface area contributed by atoms with E-state index in [1.54, 1.807) is 11.5 Å². The first-order chi connectivity index (χ1) is 4.72. The van der Waals surface area contributed by atoms with Crippen LogP contribution < -0.4 is 0 Å². The van der Waals surface area contributed by atoms with E-state index >= 15 is 0 Å². The van der Waals surface area contributed by atoms with E-state index in [9.17, 15) is 4.79 Å². The molecule has 2 N–H and O–H groups in total. The minimum absolute atomic E-state index is 0.289. The molecule has 0 aromatic heterocycles. The summed E-state index contributed by atoms with van der Waals surface area (Å²) in [6.07, 6.45) is 0.421. The third kappa shape index (κ3) is 1.68. The smallest absolute Gasteiger partial charge is 0.334 e. The fraction of sp³-hybridized carbons (Fsp3) is 0.400. The second-order valence-electron chi connectivity index (χ2n) is 1.77. The van der Waals surface area contributed by atoms with Crippen LogP contribution in [-0.4, -0.2) is 27.5 Å². The SMILES string of the molecule is O=C(O)C(O)C1C=CSS1. The maximum Gasteiger partial charge on any atom is 0.334 e. The van der Waals surface area contributed by atoms with Gasteiger partial charge in [-0.05, 0) is 5.41 Å². The van der Waals surface area contributed by atoms with Crippen molar-refractivity contribution in [3.05, 3.63) is 11.5 Å². The van der Waals surface area contributed by atoms with E-state index in [2.05, 4.69) is 0 Å². The Morgan fingerprint density at radius 2 is 2.40 bits per heavy atom. The van der Waals surface area contributed by atoms with Gasteiger partial charge in [-0.15, -0.1) is 0 Å². The van der Waals surface area contributed by atoms with Crippen molar-refractivity contribution in [2.45, 2.75) is 11.4 Å². The van der Waals surface area contributed by atoms with Crippen LogP contribution in [0.5, 0.6) is 0 Å². The topological polar surface area (TPSA) is 57.5 Å². The lowest BCUT2D eigenvalue weighted by molar-refractivity contribution is -0.146. The average Bonchev–Trinajstić information content (AvgIpc) is 2.36. The third-order valence-corrected chi connectivity index (χ3v) is 3.40. The molecule has 5 heteroatoms. The zero-order valence-electron chi connectivity index (χ0n) is 4.93. The second kappa shape index (κ2) is 3.32. The van der Waals surface area contributed by atoms with Crippen molar-refractivity contribution in [1.29, 1.82) is 0 Å². The van der Waals surface area contributed by atoms with Crippen LogP contribution in [0.2, 0.25) is 0 Å². The number of aliphatic hydroxyl groups excluding tert-OH is 1. The standard InChI is InChI=1S/C5H6O3S2/c6-4(5(7)8)3-1-2-9-10-3/h1-4,6H,(H,7,8). The molecule has 0 amide bonds. The molecule has 0 radical (unpaired) electrons. The molecule has 1 aliphatic rings. The molecule has 0 aliphatic carbocycles. The van der Waals surface area contributed by atoms with Crippen molar-refractivity contribution in [3.63, 3.8) is 0 Å². The van der Waals surface area contributed by atoms with Gasteiger partial charge in [-0.25, -0.2) is 4.79 Å². The Kier molecular flexibility index (Phi) is 2.64. The van der Waals surface area contributed by atoms with Gasteiger partial charge in [0.2, 0.25) is 0 Å². The highest BCUT2D eigenvalue weighted by atomic mass is 33.1. The molecule has 0 bridgehead atoms. The monoisotopic (exact) mass is 178 g/mol. The molecular weight excluding hydrogens is 172 g/mol. The van der Waals surface area contributed by atoms with Crippen molar-refractivity contribution in [3.8, 4) is 0 Å². The molecule has 0 saturated heterocycles. The van der Waals surface area contributed by atoms with Gasteiger partial charge in [0, 0.05) is 0 Å². The van der Waals surface area contributed by atoms with Gasteiger partial charge in [-0.2, -0.15) is 0 Å². The van der Waals surface area contributed by atoms with Crippen molar-refractivity contribution in [2.24, 2.45) is 0 Å². The largest absolute Gasteiger partial charge is 0.479 e. The van der Waals surface area contributed by atoms with E-state index in [1.165, 1.54) is 21.6 Å². The number of carbonyl (C=O) groups is 1. The van der Waals surface area contributed by atoms with Gasteiger partial charge in [-0.1, -0.05) is 27.7 Å². The number of rotatable bonds is 2. The maximum atomic E-state index is 10.2. The van der Waals surface area contributed by atoms with Crippen LogP contribution in [0.4, 0.5) is 0 Å². The number of carboxylic acids is 1. The van der Waals surface area contributed by atoms with Crippen molar-refractivity contribution < 1.29 is 15.0 Å². The number of aliphatic hydroxyl groups is 1. The lowest BCUT2D eigenvalue weighted by atomic mass is 10.2. The predicted molar refractivity (Wildman–Crippen MR) is 41.8 cm³/mol. The van der Waals surface area contributed by atoms with Gasteiger partial charge < -0.3 is 10.2 Å². The minimum Gasteiger partial charge on any atom is -0.479 e. The van der Waals surface area contributed by atoms with E-state index in [0.29, 0.717) is 0 Å². The highest BCUT2D eigenvalue weighted by Crippen LogP contribution is 2.37. The molecule has 10 heavy (non-hydrogen) atoms. The van der Waals surface area contributed by atoms with Crippen LogP contribution in [0.25, 0.3) is 0 Å².